The maximum atomic E-state index is 12.9. The van der Waals surface area contributed by atoms with E-state index in [0.29, 0.717) is 24.9 Å². The van der Waals surface area contributed by atoms with Crippen LogP contribution in [0.4, 0.5) is 0 Å². The molecule has 124 valence electrons. The number of cyclic esters (lactones) is 1. The zero-order valence-electron chi connectivity index (χ0n) is 13.5. The van der Waals surface area contributed by atoms with Crippen LogP contribution >= 0.6 is 0 Å². The molecule has 0 aromatic rings. The number of amides is 1. The summed E-state index contributed by atoms with van der Waals surface area (Å²) in [4.78, 5) is 24.6. The number of esters is 1. The number of carbonyl (C=O) groups is 2. The van der Waals surface area contributed by atoms with Gasteiger partial charge < -0.3 is 10.1 Å². The molecule has 0 aromatic carbocycles. The standard InChI is InChI=1S/C18H29NO3/c20-17(19-15-11-12-22-18(15)21)16(13-7-3-1-4-8-13)14-9-5-2-6-10-14/h13-16H,1-12H2,(H,19,20). The second kappa shape index (κ2) is 7.47. The fourth-order valence-electron chi connectivity index (χ4n) is 4.69. The number of ether oxygens (including phenoxy) is 1. The van der Waals surface area contributed by atoms with E-state index in [1.54, 1.807) is 0 Å². The van der Waals surface area contributed by atoms with Crippen molar-refractivity contribution < 1.29 is 14.3 Å². The van der Waals surface area contributed by atoms with Crippen molar-refractivity contribution in [3.05, 3.63) is 0 Å². The van der Waals surface area contributed by atoms with Gasteiger partial charge in [-0.2, -0.15) is 0 Å². The Balaban J connectivity index is 1.68. The van der Waals surface area contributed by atoms with Crippen LogP contribution in [-0.2, 0) is 14.3 Å². The van der Waals surface area contributed by atoms with Crippen LogP contribution in [0.25, 0.3) is 0 Å². The third-order valence-corrected chi connectivity index (χ3v) is 5.87. The van der Waals surface area contributed by atoms with E-state index in [2.05, 4.69) is 5.32 Å². The molecular formula is C18H29NO3. The van der Waals surface area contributed by atoms with Crippen molar-refractivity contribution in [3.63, 3.8) is 0 Å². The maximum Gasteiger partial charge on any atom is 0.328 e. The highest BCUT2D eigenvalue weighted by atomic mass is 16.5. The van der Waals surface area contributed by atoms with Crippen molar-refractivity contribution >= 4 is 11.9 Å². The minimum Gasteiger partial charge on any atom is -0.464 e. The van der Waals surface area contributed by atoms with Crippen molar-refractivity contribution in [2.45, 2.75) is 76.7 Å². The van der Waals surface area contributed by atoms with E-state index in [1.807, 2.05) is 0 Å². The minimum atomic E-state index is -0.401. The van der Waals surface area contributed by atoms with Gasteiger partial charge in [-0.05, 0) is 37.5 Å². The highest BCUT2D eigenvalue weighted by Gasteiger charge is 2.38. The Morgan fingerprint density at radius 1 is 0.909 bits per heavy atom. The number of hydrogen-bond acceptors (Lipinski definition) is 3. The number of rotatable bonds is 4. The molecule has 1 unspecified atom stereocenters. The third kappa shape index (κ3) is 3.64. The second-order valence-corrected chi connectivity index (χ2v) is 7.34. The lowest BCUT2D eigenvalue weighted by molar-refractivity contribution is -0.142. The van der Waals surface area contributed by atoms with Gasteiger partial charge in [-0.1, -0.05) is 38.5 Å². The molecular weight excluding hydrogens is 278 g/mol. The van der Waals surface area contributed by atoms with Crippen LogP contribution in [0, 0.1) is 17.8 Å². The van der Waals surface area contributed by atoms with Gasteiger partial charge in [0.15, 0.2) is 0 Å². The fraction of sp³-hybridized carbons (Fsp3) is 0.889. The maximum absolute atomic E-state index is 12.9. The highest BCUT2D eigenvalue weighted by Crippen LogP contribution is 2.40. The normalized spacial score (nSPS) is 27.9. The molecule has 2 aliphatic carbocycles. The van der Waals surface area contributed by atoms with Crippen LogP contribution in [0.15, 0.2) is 0 Å². The van der Waals surface area contributed by atoms with E-state index in [0.717, 1.165) is 0 Å². The number of nitrogens with one attached hydrogen (secondary N) is 1. The summed E-state index contributed by atoms with van der Waals surface area (Å²) in [6.07, 6.45) is 13.0. The summed E-state index contributed by atoms with van der Waals surface area (Å²) >= 11 is 0. The summed E-state index contributed by atoms with van der Waals surface area (Å²) in [5, 5.41) is 3.01. The largest absolute Gasteiger partial charge is 0.464 e. The summed E-state index contributed by atoms with van der Waals surface area (Å²) in [6.45, 7) is 0.446. The van der Waals surface area contributed by atoms with E-state index in [9.17, 15) is 9.59 Å². The van der Waals surface area contributed by atoms with Crippen LogP contribution in [0.5, 0.6) is 0 Å². The van der Waals surface area contributed by atoms with Gasteiger partial charge >= 0.3 is 5.97 Å². The van der Waals surface area contributed by atoms with Crippen LogP contribution in [0.2, 0.25) is 0 Å². The van der Waals surface area contributed by atoms with Gasteiger partial charge in [0.25, 0.3) is 0 Å². The van der Waals surface area contributed by atoms with E-state index < -0.39 is 6.04 Å². The number of hydrogen-bond donors (Lipinski definition) is 1. The first-order chi connectivity index (χ1) is 10.8. The van der Waals surface area contributed by atoms with E-state index >= 15 is 0 Å². The second-order valence-electron chi connectivity index (χ2n) is 7.34. The Kier molecular flexibility index (Phi) is 5.37. The Morgan fingerprint density at radius 2 is 1.45 bits per heavy atom. The Bertz CT molecular complexity index is 379. The van der Waals surface area contributed by atoms with Crippen LogP contribution in [-0.4, -0.2) is 24.5 Å². The lowest BCUT2D eigenvalue weighted by Crippen LogP contribution is -2.46. The SMILES string of the molecule is O=C1OCCC1NC(=O)C(C1CCCCC1)C1CCCCC1. The van der Waals surface area contributed by atoms with Crippen LogP contribution in [0.1, 0.15) is 70.6 Å². The Morgan fingerprint density at radius 3 is 1.91 bits per heavy atom. The van der Waals surface area contributed by atoms with E-state index in [4.69, 9.17) is 4.74 Å². The van der Waals surface area contributed by atoms with Crippen LogP contribution < -0.4 is 5.32 Å². The molecule has 0 bridgehead atoms. The lowest BCUT2D eigenvalue weighted by Gasteiger charge is -2.37. The molecule has 1 amide bonds. The molecule has 3 aliphatic rings. The molecule has 1 heterocycles. The molecule has 1 atom stereocenters. The monoisotopic (exact) mass is 307 g/mol. The first-order valence-electron chi connectivity index (χ1n) is 9.22. The van der Waals surface area contributed by atoms with Crippen LogP contribution in [0.3, 0.4) is 0 Å². The molecule has 0 aromatic heterocycles. The molecule has 0 radical (unpaired) electrons. The Labute approximate surface area is 133 Å². The molecule has 3 rings (SSSR count). The van der Waals surface area contributed by atoms with Gasteiger partial charge in [-0.25, -0.2) is 4.79 Å². The van der Waals surface area contributed by atoms with Crippen molar-refractivity contribution in [1.82, 2.24) is 5.32 Å². The summed E-state index contributed by atoms with van der Waals surface area (Å²) < 4.78 is 4.98. The molecule has 4 heteroatoms. The smallest absolute Gasteiger partial charge is 0.328 e. The third-order valence-electron chi connectivity index (χ3n) is 5.87. The first-order valence-corrected chi connectivity index (χ1v) is 9.22. The quantitative estimate of drug-likeness (QED) is 0.812. The van der Waals surface area contributed by atoms with E-state index in [1.165, 1.54) is 64.2 Å². The summed E-state index contributed by atoms with van der Waals surface area (Å²) in [5.41, 5.74) is 0. The topological polar surface area (TPSA) is 55.4 Å². The summed E-state index contributed by atoms with van der Waals surface area (Å²) in [6, 6.07) is -0.401. The van der Waals surface area contributed by atoms with Crippen molar-refractivity contribution in [2.24, 2.45) is 17.8 Å². The molecule has 0 spiro atoms. The van der Waals surface area contributed by atoms with Gasteiger partial charge in [0, 0.05) is 12.3 Å². The summed E-state index contributed by atoms with van der Waals surface area (Å²) in [5.74, 6) is 1.04. The zero-order chi connectivity index (χ0) is 15.4. The highest BCUT2D eigenvalue weighted by molar-refractivity contribution is 5.86. The molecule has 4 nitrogen and oxygen atoms in total. The zero-order valence-corrected chi connectivity index (χ0v) is 13.5. The summed E-state index contributed by atoms with van der Waals surface area (Å²) in [7, 11) is 0. The average molecular weight is 307 g/mol. The van der Waals surface area contributed by atoms with Gasteiger partial charge in [0.2, 0.25) is 5.91 Å². The fourth-order valence-corrected chi connectivity index (χ4v) is 4.69. The molecule has 1 N–H and O–H groups in total. The molecule has 22 heavy (non-hydrogen) atoms. The predicted molar refractivity (Wildman–Crippen MR) is 84.1 cm³/mol. The van der Waals surface area contributed by atoms with Gasteiger partial charge in [0.1, 0.15) is 6.04 Å². The first kappa shape index (κ1) is 15.8. The van der Waals surface area contributed by atoms with Gasteiger partial charge in [0.05, 0.1) is 6.61 Å². The van der Waals surface area contributed by atoms with Crippen molar-refractivity contribution in [1.29, 1.82) is 0 Å². The Hall–Kier alpha value is -1.06. The predicted octanol–water partition coefficient (Wildman–Crippen LogP) is 3.19. The molecule has 1 saturated heterocycles. The molecule has 1 aliphatic heterocycles. The van der Waals surface area contributed by atoms with E-state index in [-0.39, 0.29) is 17.8 Å². The minimum absolute atomic E-state index is 0.119. The number of carbonyl (C=O) groups excluding carboxylic acids is 2. The average Bonchev–Trinajstić information content (AvgIpc) is 2.95. The molecule has 2 saturated carbocycles. The van der Waals surface area contributed by atoms with Crippen molar-refractivity contribution in [3.8, 4) is 0 Å². The molecule has 3 fully saturated rings. The van der Waals surface area contributed by atoms with Gasteiger partial charge in [-0.15, -0.1) is 0 Å². The lowest BCUT2D eigenvalue weighted by atomic mass is 9.69. The van der Waals surface area contributed by atoms with Gasteiger partial charge in [-0.3, -0.25) is 4.79 Å². The van der Waals surface area contributed by atoms with Crippen molar-refractivity contribution in [2.75, 3.05) is 6.61 Å².